The highest BCUT2D eigenvalue weighted by Crippen LogP contribution is 2.31. The predicted molar refractivity (Wildman–Crippen MR) is 89.2 cm³/mol. The molecule has 0 atom stereocenters. The van der Waals surface area contributed by atoms with Crippen LogP contribution in [0.25, 0.3) is 0 Å². The lowest BCUT2D eigenvalue weighted by molar-refractivity contribution is 0.892. The highest BCUT2D eigenvalue weighted by Gasteiger charge is 2.05. The van der Waals surface area contributed by atoms with Crippen molar-refractivity contribution in [2.24, 2.45) is 0 Å². The molecule has 0 radical (unpaired) electrons. The van der Waals surface area contributed by atoms with E-state index in [2.05, 4.69) is 57.3 Å². The van der Waals surface area contributed by atoms with Gasteiger partial charge in [-0.3, -0.25) is 0 Å². The lowest BCUT2D eigenvalue weighted by Gasteiger charge is -1.98. The Kier molecular flexibility index (Phi) is 6.70. The minimum Gasteiger partial charge on any atom is -0.131 e. The van der Waals surface area contributed by atoms with Crippen LogP contribution in [0.15, 0.2) is 37.4 Å². The van der Waals surface area contributed by atoms with Crippen LogP contribution in [-0.2, 0) is 5.75 Å². The molecule has 0 aliphatic carbocycles. The number of thioether (sulfide) groups is 2. The number of halogens is 1. The number of hydrogen-bond acceptors (Lipinski definition) is 5. The average molecular weight is 375 g/mol. The topological polar surface area (TPSA) is 25.8 Å². The van der Waals surface area contributed by atoms with Crippen molar-refractivity contribution in [3.8, 4) is 0 Å². The summed E-state index contributed by atoms with van der Waals surface area (Å²) in [4.78, 5) is 0. The number of benzene rings is 1. The summed E-state index contributed by atoms with van der Waals surface area (Å²) in [5.74, 6) is 2.09. The monoisotopic (exact) mass is 374 g/mol. The van der Waals surface area contributed by atoms with E-state index >= 15 is 0 Å². The van der Waals surface area contributed by atoms with Crippen LogP contribution in [0.3, 0.4) is 0 Å². The van der Waals surface area contributed by atoms with Crippen molar-refractivity contribution in [2.75, 3.05) is 5.75 Å². The fourth-order valence-electron chi connectivity index (χ4n) is 1.34. The largest absolute Gasteiger partial charge is 0.175 e. The summed E-state index contributed by atoms with van der Waals surface area (Å²) in [7, 11) is 0. The number of nitrogens with zero attached hydrogens (tertiary/aromatic N) is 2. The lowest BCUT2D eigenvalue weighted by atomic mass is 10.2. The molecule has 1 aromatic carbocycles. The maximum Gasteiger partial charge on any atom is 0.175 e. The summed E-state index contributed by atoms with van der Waals surface area (Å²) in [6, 6.07) is 8.41. The van der Waals surface area contributed by atoms with E-state index in [-0.39, 0.29) is 0 Å². The first-order chi connectivity index (χ1) is 9.28. The van der Waals surface area contributed by atoms with Gasteiger partial charge < -0.3 is 0 Å². The second-order valence-corrected chi connectivity index (χ2v) is 8.41. The van der Waals surface area contributed by atoms with E-state index in [1.807, 2.05) is 11.8 Å². The molecule has 1 aromatic heterocycles. The Morgan fingerprint density at radius 1 is 1.11 bits per heavy atom. The molecular formula is C13H15BrN2S3. The van der Waals surface area contributed by atoms with Gasteiger partial charge in [0.15, 0.2) is 8.68 Å². The summed E-state index contributed by atoms with van der Waals surface area (Å²) < 4.78 is 3.26. The standard InChI is InChI=1S/C13H15BrN2S3/c1-2-3-8-17-12-15-16-13(19-12)18-9-10-4-6-11(14)7-5-10/h4-7H,2-3,8-9H2,1H3. The fraction of sp³-hybridized carbons (Fsp3) is 0.385. The van der Waals surface area contributed by atoms with Crippen molar-refractivity contribution in [1.29, 1.82) is 0 Å². The minimum absolute atomic E-state index is 0.946. The van der Waals surface area contributed by atoms with Gasteiger partial charge in [-0.15, -0.1) is 10.2 Å². The minimum atomic E-state index is 0.946. The third-order valence-electron chi connectivity index (χ3n) is 2.39. The van der Waals surface area contributed by atoms with Crippen LogP contribution in [0, 0.1) is 0 Å². The normalized spacial score (nSPS) is 10.8. The third kappa shape index (κ3) is 5.45. The molecule has 6 heteroatoms. The number of rotatable bonds is 7. The highest BCUT2D eigenvalue weighted by atomic mass is 79.9. The Morgan fingerprint density at radius 2 is 1.79 bits per heavy atom. The first-order valence-electron chi connectivity index (χ1n) is 6.11. The Bertz CT molecular complexity index is 499. The van der Waals surface area contributed by atoms with E-state index < -0.39 is 0 Å². The van der Waals surface area contributed by atoms with Crippen LogP contribution >= 0.6 is 50.8 Å². The Balaban J connectivity index is 1.81. The average Bonchev–Trinajstić information content (AvgIpc) is 2.86. The van der Waals surface area contributed by atoms with Crippen molar-refractivity contribution < 1.29 is 0 Å². The summed E-state index contributed by atoms with van der Waals surface area (Å²) >= 11 is 8.72. The van der Waals surface area contributed by atoms with Crippen LogP contribution < -0.4 is 0 Å². The summed E-state index contributed by atoms with van der Waals surface area (Å²) in [5, 5.41) is 8.45. The number of unbranched alkanes of at least 4 members (excludes halogenated alkanes) is 1. The van der Waals surface area contributed by atoms with Gasteiger partial charge in [-0.1, -0.05) is 76.3 Å². The van der Waals surface area contributed by atoms with Crippen molar-refractivity contribution in [3.05, 3.63) is 34.3 Å². The zero-order valence-corrected chi connectivity index (χ0v) is 14.7. The van der Waals surface area contributed by atoms with Crippen molar-refractivity contribution in [2.45, 2.75) is 34.2 Å². The van der Waals surface area contributed by atoms with Crippen molar-refractivity contribution in [3.63, 3.8) is 0 Å². The smallest absolute Gasteiger partial charge is 0.131 e. The van der Waals surface area contributed by atoms with Gasteiger partial charge in [-0.05, 0) is 24.1 Å². The lowest BCUT2D eigenvalue weighted by Crippen LogP contribution is -1.79. The van der Waals surface area contributed by atoms with Gasteiger partial charge in [0.05, 0.1) is 0 Å². The molecule has 2 rings (SSSR count). The first-order valence-corrected chi connectivity index (χ1v) is 9.69. The molecule has 0 bridgehead atoms. The molecule has 102 valence electrons. The van der Waals surface area contributed by atoms with Crippen LogP contribution in [0.1, 0.15) is 25.3 Å². The molecule has 1 heterocycles. The summed E-state index contributed by atoms with van der Waals surface area (Å²) in [6.07, 6.45) is 2.47. The predicted octanol–water partition coefficient (Wildman–Crippen LogP) is 5.49. The maximum absolute atomic E-state index is 4.23. The molecule has 19 heavy (non-hydrogen) atoms. The van der Waals surface area contributed by atoms with Crippen LogP contribution in [-0.4, -0.2) is 16.0 Å². The van der Waals surface area contributed by atoms with Gasteiger partial charge in [0, 0.05) is 16.0 Å². The molecule has 0 fully saturated rings. The van der Waals surface area contributed by atoms with E-state index in [0.717, 1.165) is 24.7 Å². The van der Waals surface area contributed by atoms with Crippen molar-refractivity contribution in [1.82, 2.24) is 10.2 Å². The third-order valence-corrected chi connectivity index (χ3v) is 6.26. The van der Waals surface area contributed by atoms with E-state index in [0.29, 0.717) is 0 Å². The first kappa shape index (κ1) is 15.4. The molecule has 0 unspecified atom stereocenters. The quantitative estimate of drug-likeness (QED) is 0.472. The maximum atomic E-state index is 4.23. The van der Waals surface area contributed by atoms with Crippen LogP contribution in [0.4, 0.5) is 0 Å². The van der Waals surface area contributed by atoms with E-state index in [1.165, 1.54) is 18.4 Å². The number of aromatic nitrogens is 2. The van der Waals surface area contributed by atoms with Gasteiger partial charge in [0.25, 0.3) is 0 Å². The molecule has 0 saturated heterocycles. The number of hydrogen-bond donors (Lipinski definition) is 0. The molecule has 0 aliphatic heterocycles. The Morgan fingerprint density at radius 3 is 2.47 bits per heavy atom. The van der Waals surface area contributed by atoms with E-state index in [1.54, 1.807) is 23.1 Å². The fourth-order valence-corrected chi connectivity index (χ4v) is 4.74. The van der Waals surface area contributed by atoms with Crippen molar-refractivity contribution >= 4 is 50.8 Å². The molecule has 0 saturated carbocycles. The Hall–Kier alpha value is -0.0400. The van der Waals surface area contributed by atoms with E-state index in [4.69, 9.17) is 0 Å². The molecule has 0 N–H and O–H groups in total. The molecular weight excluding hydrogens is 360 g/mol. The molecule has 2 aromatic rings. The summed E-state index contributed by atoms with van der Waals surface area (Å²) in [5.41, 5.74) is 1.31. The molecule has 0 amide bonds. The van der Waals surface area contributed by atoms with Gasteiger partial charge >= 0.3 is 0 Å². The van der Waals surface area contributed by atoms with Crippen LogP contribution in [0.5, 0.6) is 0 Å². The molecule has 2 nitrogen and oxygen atoms in total. The van der Waals surface area contributed by atoms with Gasteiger partial charge in [-0.2, -0.15) is 0 Å². The Labute approximate surface area is 134 Å². The zero-order chi connectivity index (χ0) is 13.5. The SMILES string of the molecule is CCCCSc1nnc(SCc2ccc(Br)cc2)s1. The van der Waals surface area contributed by atoms with Gasteiger partial charge in [0.1, 0.15) is 0 Å². The summed E-state index contributed by atoms with van der Waals surface area (Å²) in [6.45, 7) is 2.21. The van der Waals surface area contributed by atoms with Gasteiger partial charge in [-0.25, -0.2) is 0 Å². The van der Waals surface area contributed by atoms with E-state index in [9.17, 15) is 0 Å². The molecule has 0 aliphatic rings. The van der Waals surface area contributed by atoms with Gasteiger partial charge in [0.2, 0.25) is 0 Å². The second kappa shape index (κ2) is 8.29. The highest BCUT2D eigenvalue weighted by molar-refractivity contribution is 9.10. The second-order valence-electron chi connectivity index (χ2n) is 3.95. The van der Waals surface area contributed by atoms with Crippen LogP contribution in [0.2, 0.25) is 0 Å². The zero-order valence-electron chi connectivity index (χ0n) is 10.6. The molecule has 0 spiro atoms.